The van der Waals surface area contributed by atoms with E-state index in [2.05, 4.69) is 4.72 Å². The third-order valence-corrected chi connectivity index (χ3v) is 5.70. The minimum absolute atomic E-state index is 0.123. The second kappa shape index (κ2) is 6.42. The number of benzene rings is 1. The van der Waals surface area contributed by atoms with Gasteiger partial charge in [0.05, 0.1) is 12.8 Å². The van der Waals surface area contributed by atoms with E-state index < -0.39 is 15.8 Å². The Kier molecular flexibility index (Phi) is 4.81. The molecule has 2 aromatic rings. The molecule has 21 heavy (non-hydrogen) atoms. The van der Waals surface area contributed by atoms with E-state index in [9.17, 15) is 12.8 Å². The van der Waals surface area contributed by atoms with Gasteiger partial charge in [0.15, 0.2) is 0 Å². The first-order chi connectivity index (χ1) is 9.96. The Morgan fingerprint density at radius 2 is 2.10 bits per heavy atom. The molecular weight excluding hydrogens is 315 g/mol. The van der Waals surface area contributed by atoms with Crippen LogP contribution in [0.1, 0.15) is 4.88 Å². The number of hydrogen-bond donors (Lipinski definition) is 2. The molecule has 0 bridgehead atoms. The van der Waals surface area contributed by atoms with E-state index in [0.29, 0.717) is 13.0 Å². The minimum Gasteiger partial charge on any atom is -0.494 e. The fraction of sp³-hybridized carbons (Fsp3) is 0.231. The molecule has 3 N–H and O–H groups in total. The van der Waals surface area contributed by atoms with Crippen LogP contribution in [0.5, 0.6) is 5.75 Å². The van der Waals surface area contributed by atoms with Crippen molar-refractivity contribution < 1.29 is 17.5 Å². The molecule has 1 heterocycles. The zero-order chi connectivity index (χ0) is 15.5. The summed E-state index contributed by atoms with van der Waals surface area (Å²) in [5.41, 5.74) is 5.63. The molecule has 0 spiro atoms. The standard InChI is InChI=1S/C13H15FN2O3S2/c1-19-12-8-9(14)2-4-11(12)16-21(17,18)13-5-3-10(20-13)6-7-15/h2-5,8,16H,6-7,15H2,1H3. The molecule has 114 valence electrons. The third kappa shape index (κ3) is 3.72. The van der Waals surface area contributed by atoms with Gasteiger partial charge in [0.1, 0.15) is 15.8 Å². The molecule has 0 aliphatic carbocycles. The van der Waals surface area contributed by atoms with Crippen molar-refractivity contribution in [1.82, 2.24) is 0 Å². The van der Waals surface area contributed by atoms with E-state index in [0.717, 1.165) is 28.3 Å². The van der Waals surface area contributed by atoms with Crippen LogP contribution < -0.4 is 15.2 Å². The summed E-state index contributed by atoms with van der Waals surface area (Å²) >= 11 is 1.15. The predicted molar refractivity (Wildman–Crippen MR) is 80.8 cm³/mol. The minimum atomic E-state index is -3.73. The van der Waals surface area contributed by atoms with Crippen molar-refractivity contribution >= 4 is 27.0 Å². The fourth-order valence-electron chi connectivity index (χ4n) is 1.72. The van der Waals surface area contributed by atoms with Gasteiger partial charge in [-0.15, -0.1) is 11.3 Å². The fourth-order valence-corrected chi connectivity index (χ4v) is 4.17. The average Bonchev–Trinajstić information content (AvgIpc) is 2.90. The first-order valence-corrected chi connectivity index (χ1v) is 8.41. The van der Waals surface area contributed by atoms with Crippen LogP contribution in [0.15, 0.2) is 34.5 Å². The van der Waals surface area contributed by atoms with E-state index in [1.807, 2.05) is 0 Å². The van der Waals surface area contributed by atoms with Gasteiger partial charge in [-0.25, -0.2) is 12.8 Å². The first-order valence-electron chi connectivity index (χ1n) is 6.11. The number of thiophene rings is 1. The zero-order valence-corrected chi connectivity index (χ0v) is 12.9. The number of nitrogens with two attached hydrogens (primary N) is 1. The van der Waals surface area contributed by atoms with E-state index >= 15 is 0 Å². The van der Waals surface area contributed by atoms with Gasteiger partial charge in [0.2, 0.25) is 0 Å². The van der Waals surface area contributed by atoms with Gasteiger partial charge in [-0.1, -0.05) is 0 Å². The zero-order valence-electron chi connectivity index (χ0n) is 11.3. The molecule has 0 unspecified atom stereocenters. The Morgan fingerprint density at radius 1 is 1.33 bits per heavy atom. The number of anilines is 1. The van der Waals surface area contributed by atoms with Crippen LogP contribution >= 0.6 is 11.3 Å². The lowest BCUT2D eigenvalue weighted by atomic mass is 10.3. The Morgan fingerprint density at radius 3 is 2.76 bits per heavy atom. The monoisotopic (exact) mass is 330 g/mol. The van der Waals surface area contributed by atoms with Crippen LogP contribution in [-0.4, -0.2) is 22.1 Å². The summed E-state index contributed by atoms with van der Waals surface area (Å²) in [5, 5.41) is 0. The van der Waals surface area contributed by atoms with E-state index in [1.54, 1.807) is 6.07 Å². The molecule has 0 aliphatic rings. The van der Waals surface area contributed by atoms with E-state index in [4.69, 9.17) is 10.5 Å². The van der Waals surface area contributed by atoms with Gasteiger partial charge < -0.3 is 10.5 Å². The van der Waals surface area contributed by atoms with Gasteiger partial charge in [-0.05, 0) is 37.2 Å². The van der Waals surface area contributed by atoms with Crippen LogP contribution in [0.3, 0.4) is 0 Å². The number of hydrogen-bond acceptors (Lipinski definition) is 5. The normalized spacial score (nSPS) is 11.4. The molecule has 0 saturated carbocycles. The van der Waals surface area contributed by atoms with E-state index in [-0.39, 0.29) is 15.6 Å². The van der Waals surface area contributed by atoms with Crippen molar-refractivity contribution in [2.24, 2.45) is 5.73 Å². The summed E-state index contributed by atoms with van der Waals surface area (Å²) in [5.74, 6) is -0.381. The largest absolute Gasteiger partial charge is 0.494 e. The summed E-state index contributed by atoms with van der Waals surface area (Å²) in [6.07, 6.45) is 0.625. The van der Waals surface area contributed by atoms with Crippen LogP contribution in [0.25, 0.3) is 0 Å². The number of nitrogens with one attached hydrogen (secondary N) is 1. The number of sulfonamides is 1. The third-order valence-electron chi connectivity index (χ3n) is 2.70. The molecule has 8 heteroatoms. The summed E-state index contributed by atoms with van der Waals surface area (Å²) in [6, 6.07) is 6.85. The molecule has 1 aromatic heterocycles. The highest BCUT2D eigenvalue weighted by Crippen LogP contribution is 2.29. The molecule has 2 rings (SSSR count). The maximum Gasteiger partial charge on any atom is 0.271 e. The summed E-state index contributed by atoms with van der Waals surface area (Å²) in [4.78, 5) is 0.893. The molecule has 0 saturated heterocycles. The van der Waals surface area contributed by atoms with Gasteiger partial charge in [-0.2, -0.15) is 0 Å². The van der Waals surface area contributed by atoms with Crippen LogP contribution in [0.2, 0.25) is 0 Å². The molecule has 1 aromatic carbocycles. The van der Waals surface area contributed by atoms with Crippen LogP contribution in [0, 0.1) is 5.82 Å². The number of methoxy groups -OCH3 is 1. The van der Waals surface area contributed by atoms with Gasteiger partial charge in [0, 0.05) is 10.9 Å². The number of halogens is 1. The van der Waals surface area contributed by atoms with Crippen LogP contribution in [0.4, 0.5) is 10.1 Å². The highest BCUT2D eigenvalue weighted by atomic mass is 32.2. The SMILES string of the molecule is COc1cc(F)ccc1NS(=O)(=O)c1ccc(CCN)s1. The van der Waals surface area contributed by atoms with Crippen molar-refractivity contribution in [3.8, 4) is 5.75 Å². The number of rotatable bonds is 6. The van der Waals surface area contributed by atoms with Crippen molar-refractivity contribution in [3.05, 3.63) is 41.0 Å². The van der Waals surface area contributed by atoms with Crippen molar-refractivity contribution in [1.29, 1.82) is 0 Å². The quantitative estimate of drug-likeness (QED) is 0.851. The maximum atomic E-state index is 13.1. The maximum absolute atomic E-state index is 13.1. The molecule has 0 fully saturated rings. The molecule has 0 amide bonds. The number of ether oxygens (including phenoxy) is 1. The smallest absolute Gasteiger partial charge is 0.271 e. The van der Waals surface area contributed by atoms with Crippen molar-refractivity contribution in [2.75, 3.05) is 18.4 Å². The van der Waals surface area contributed by atoms with E-state index in [1.165, 1.54) is 19.2 Å². The van der Waals surface area contributed by atoms with Crippen molar-refractivity contribution in [3.63, 3.8) is 0 Å². The Labute approximate surface area is 126 Å². The lowest BCUT2D eigenvalue weighted by molar-refractivity contribution is 0.413. The lowest BCUT2D eigenvalue weighted by Gasteiger charge is -2.10. The van der Waals surface area contributed by atoms with Crippen LogP contribution in [-0.2, 0) is 16.4 Å². The summed E-state index contributed by atoms with van der Waals surface area (Å²) in [7, 11) is -2.39. The average molecular weight is 330 g/mol. The molecule has 0 radical (unpaired) electrons. The summed E-state index contributed by atoms with van der Waals surface area (Å²) < 4.78 is 45.2. The molecule has 0 aliphatic heterocycles. The molecule has 5 nitrogen and oxygen atoms in total. The lowest BCUT2D eigenvalue weighted by Crippen LogP contribution is -2.12. The molecule has 0 atom stereocenters. The topological polar surface area (TPSA) is 81.4 Å². The first kappa shape index (κ1) is 15.7. The van der Waals surface area contributed by atoms with Gasteiger partial charge in [-0.3, -0.25) is 4.72 Å². The van der Waals surface area contributed by atoms with Crippen molar-refractivity contribution in [2.45, 2.75) is 10.6 Å². The second-order valence-corrected chi connectivity index (χ2v) is 7.29. The summed E-state index contributed by atoms with van der Waals surface area (Å²) in [6.45, 7) is 0.458. The Balaban J connectivity index is 2.28. The Bertz CT molecular complexity index is 729. The highest BCUT2D eigenvalue weighted by molar-refractivity contribution is 7.94. The van der Waals surface area contributed by atoms with Gasteiger partial charge in [0.25, 0.3) is 10.0 Å². The van der Waals surface area contributed by atoms with Gasteiger partial charge >= 0.3 is 0 Å². The second-order valence-electron chi connectivity index (χ2n) is 4.21. The molecular formula is C13H15FN2O3S2. The predicted octanol–water partition coefficient (Wildman–Crippen LogP) is 2.20. The highest BCUT2D eigenvalue weighted by Gasteiger charge is 2.19. The Hall–Kier alpha value is -1.64.